The van der Waals surface area contributed by atoms with Crippen LogP contribution in [0, 0.1) is 11.3 Å². The van der Waals surface area contributed by atoms with Gasteiger partial charge in [-0.05, 0) is 12.8 Å². The van der Waals surface area contributed by atoms with Crippen molar-refractivity contribution in [3.05, 3.63) is 17.5 Å². The van der Waals surface area contributed by atoms with Crippen molar-refractivity contribution in [3.63, 3.8) is 0 Å². The van der Waals surface area contributed by atoms with E-state index in [0.29, 0.717) is 12.3 Å². The monoisotopic (exact) mass is 161 g/mol. The lowest BCUT2D eigenvalue weighted by molar-refractivity contribution is 0.744. The molecule has 3 heteroatoms. The van der Waals surface area contributed by atoms with Gasteiger partial charge < -0.3 is 0 Å². The van der Waals surface area contributed by atoms with Crippen LogP contribution >= 0.6 is 0 Å². The van der Waals surface area contributed by atoms with Crippen molar-refractivity contribution in [1.29, 1.82) is 5.26 Å². The summed E-state index contributed by atoms with van der Waals surface area (Å²) in [6.07, 6.45) is 4.95. The molecule has 2 rings (SSSR count). The molecule has 1 aromatic rings. The standard InChI is InChI=1S/C9H11N3/c1-12-6-8(4-5-10)9(11-12)7-2-3-7/h6-7H,2-4H2,1H3. The molecule has 1 aliphatic carbocycles. The van der Waals surface area contributed by atoms with Gasteiger partial charge in [0.2, 0.25) is 0 Å². The minimum Gasteiger partial charge on any atom is -0.275 e. The van der Waals surface area contributed by atoms with Gasteiger partial charge in [0.05, 0.1) is 18.2 Å². The first-order valence-electron chi connectivity index (χ1n) is 4.20. The summed E-state index contributed by atoms with van der Waals surface area (Å²) in [5, 5.41) is 12.9. The fourth-order valence-corrected chi connectivity index (χ4v) is 1.48. The van der Waals surface area contributed by atoms with Gasteiger partial charge in [0.1, 0.15) is 0 Å². The van der Waals surface area contributed by atoms with Crippen LogP contribution in [0.25, 0.3) is 0 Å². The molecule has 0 bridgehead atoms. The van der Waals surface area contributed by atoms with Crippen LogP contribution in [0.5, 0.6) is 0 Å². The highest BCUT2D eigenvalue weighted by Gasteiger charge is 2.28. The zero-order valence-corrected chi connectivity index (χ0v) is 7.12. The van der Waals surface area contributed by atoms with Gasteiger partial charge in [-0.25, -0.2) is 0 Å². The van der Waals surface area contributed by atoms with Crippen LogP contribution in [0.3, 0.4) is 0 Å². The summed E-state index contributed by atoms with van der Waals surface area (Å²) in [4.78, 5) is 0. The van der Waals surface area contributed by atoms with Crippen molar-refractivity contribution < 1.29 is 0 Å². The summed E-state index contributed by atoms with van der Waals surface area (Å²) >= 11 is 0. The Bertz CT molecular complexity index is 328. The number of aryl methyl sites for hydroxylation is 1. The van der Waals surface area contributed by atoms with Crippen molar-refractivity contribution in [2.45, 2.75) is 25.2 Å². The Hall–Kier alpha value is -1.30. The normalized spacial score (nSPS) is 16.0. The van der Waals surface area contributed by atoms with E-state index < -0.39 is 0 Å². The number of nitriles is 1. The van der Waals surface area contributed by atoms with Crippen LogP contribution < -0.4 is 0 Å². The van der Waals surface area contributed by atoms with E-state index in [1.54, 1.807) is 4.68 Å². The van der Waals surface area contributed by atoms with Crippen LogP contribution in [-0.2, 0) is 13.5 Å². The minimum absolute atomic E-state index is 0.500. The molecule has 1 heterocycles. The fraction of sp³-hybridized carbons (Fsp3) is 0.556. The molecular formula is C9H11N3. The predicted molar refractivity (Wildman–Crippen MR) is 44.5 cm³/mol. The van der Waals surface area contributed by atoms with Gasteiger partial charge in [-0.3, -0.25) is 4.68 Å². The van der Waals surface area contributed by atoms with Gasteiger partial charge in [0.15, 0.2) is 0 Å². The molecule has 12 heavy (non-hydrogen) atoms. The smallest absolute Gasteiger partial charge is 0.0697 e. The molecule has 0 atom stereocenters. The van der Waals surface area contributed by atoms with Crippen molar-refractivity contribution in [2.24, 2.45) is 7.05 Å². The van der Waals surface area contributed by atoms with E-state index in [1.807, 2.05) is 13.2 Å². The topological polar surface area (TPSA) is 41.6 Å². The van der Waals surface area contributed by atoms with E-state index in [2.05, 4.69) is 11.2 Å². The summed E-state index contributed by atoms with van der Waals surface area (Å²) in [6, 6.07) is 2.17. The molecule has 0 aliphatic heterocycles. The Morgan fingerprint density at radius 1 is 1.75 bits per heavy atom. The number of hydrogen-bond donors (Lipinski definition) is 0. The Labute approximate surface area is 71.6 Å². The number of rotatable bonds is 2. The second kappa shape index (κ2) is 2.63. The van der Waals surface area contributed by atoms with Crippen LogP contribution in [0.2, 0.25) is 0 Å². The molecule has 3 nitrogen and oxygen atoms in total. The third-order valence-electron chi connectivity index (χ3n) is 2.17. The van der Waals surface area contributed by atoms with E-state index in [4.69, 9.17) is 5.26 Å². The van der Waals surface area contributed by atoms with Gasteiger partial charge in [-0.15, -0.1) is 0 Å². The molecule has 0 spiro atoms. The molecule has 1 saturated carbocycles. The van der Waals surface area contributed by atoms with Gasteiger partial charge in [0.25, 0.3) is 0 Å². The quantitative estimate of drug-likeness (QED) is 0.657. The van der Waals surface area contributed by atoms with E-state index in [9.17, 15) is 0 Å². The summed E-state index contributed by atoms with van der Waals surface area (Å²) in [7, 11) is 1.91. The maximum absolute atomic E-state index is 8.57. The van der Waals surface area contributed by atoms with E-state index in [1.165, 1.54) is 12.8 Å². The summed E-state index contributed by atoms with van der Waals surface area (Å²) in [5.41, 5.74) is 2.27. The zero-order valence-electron chi connectivity index (χ0n) is 7.12. The highest BCUT2D eigenvalue weighted by Crippen LogP contribution is 2.40. The van der Waals surface area contributed by atoms with E-state index >= 15 is 0 Å². The van der Waals surface area contributed by atoms with Crippen molar-refractivity contribution in [1.82, 2.24) is 9.78 Å². The maximum atomic E-state index is 8.57. The third kappa shape index (κ3) is 1.20. The highest BCUT2D eigenvalue weighted by atomic mass is 15.3. The first-order valence-corrected chi connectivity index (χ1v) is 4.20. The van der Waals surface area contributed by atoms with Crippen LogP contribution in [0.1, 0.15) is 30.0 Å². The van der Waals surface area contributed by atoms with Crippen molar-refractivity contribution in [2.75, 3.05) is 0 Å². The Kier molecular flexibility index (Phi) is 1.61. The lowest BCUT2D eigenvalue weighted by atomic mass is 10.1. The predicted octanol–water partition coefficient (Wildman–Crippen LogP) is 1.36. The summed E-state index contributed by atoms with van der Waals surface area (Å²) in [6.45, 7) is 0. The largest absolute Gasteiger partial charge is 0.275 e. The summed E-state index contributed by atoms with van der Waals surface area (Å²) in [5.74, 6) is 0.648. The minimum atomic E-state index is 0.500. The molecule has 1 fully saturated rings. The third-order valence-corrected chi connectivity index (χ3v) is 2.17. The Morgan fingerprint density at radius 3 is 3.08 bits per heavy atom. The van der Waals surface area contributed by atoms with Gasteiger partial charge in [0, 0.05) is 24.7 Å². The van der Waals surface area contributed by atoms with Gasteiger partial charge in [-0.2, -0.15) is 10.4 Å². The number of aromatic nitrogens is 2. The molecule has 0 N–H and O–H groups in total. The summed E-state index contributed by atoms with van der Waals surface area (Å²) < 4.78 is 1.81. The second-order valence-corrected chi connectivity index (χ2v) is 3.32. The Morgan fingerprint density at radius 2 is 2.50 bits per heavy atom. The van der Waals surface area contributed by atoms with Crippen molar-refractivity contribution >= 4 is 0 Å². The molecule has 1 aromatic heterocycles. The number of nitrogens with zero attached hydrogens (tertiary/aromatic N) is 3. The maximum Gasteiger partial charge on any atom is 0.0697 e. The molecule has 62 valence electrons. The van der Waals surface area contributed by atoms with Crippen LogP contribution in [0.15, 0.2) is 6.20 Å². The average molecular weight is 161 g/mol. The first-order chi connectivity index (χ1) is 5.81. The zero-order chi connectivity index (χ0) is 8.55. The molecule has 0 amide bonds. The van der Waals surface area contributed by atoms with E-state index in [0.717, 1.165) is 11.3 Å². The van der Waals surface area contributed by atoms with Crippen LogP contribution in [0.4, 0.5) is 0 Å². The first kappa shape index (κ1) is 7.35. The average Bonchev–Trinajstić information content (AvgIpc) is 2.79. The van der Waals surface area contributed by atoms with Crippen molar-refractivity contribution in [3.8, 4) is 6.07 Å². The molecule has 0 saturated heterocycles. The molecule has 1 aliphatic rings. The SMILES string of the molecule is Cn1cc(CC#N)c(C2CC2)n1. The lowest BCUT2D eigenvalue weighted by Crippen LogP contribution is -1.89. The molecular weight excluding hydrogens is 150 g/mol. The van der Waals surface area contributed by atoms with Crippen LogP contribution in [-0.4, -0.2) is 9.78 Å². The fourth-order valence-electron chi connectivity index (χ4n) is 1.48. The second-order valence-electron chi connectivity index (χ2n) is 3.32. The lowest BCUT2D eigenvalue weighted by Gasteiger charge is -1.91. The molecule has 0 aromatic carbocycles. The highest BCUT2D eigenvalue weighted by molar-refractivity contribution is 5.27. The molecule has 0 radical (unpaired) electrons. The van der Waals surface area contributed by atoms with Gasteiger partial charge in [-0.1, -0.05) is 0 Å². The Balaban J connectivity index is 2.31. The van der Waals surface area contributed by atoms with Gasteiger partial charge >= 0.3 is 0 Å². The number of hydrogen-bond acceptors (Lipinski definition) is 2. The van der Waals surface area contributed by atoms with E-state index in [-0.39, 0.29) is 0 Å². The molecule has 0 unspecified atom stereocenters.